The van der Waals surface area contributed by atoms with Gasteiger partial charge in [-0.25, -0.2) is 4.39 Å². The van der Waals surface area contributed by atoms with E-state index in [1.807, 2.05) is 6.92 Å². The molecular formula is C13H17F4NO2. The lowest BCUT2D eigenvalue weighted by molar-refractivity contribution is -0.274. The summed E-state index contributed by atoms with van der Waals surface area (Å²) < 4.78 is 53.7. The summed E-state index contributed by atoms with van der Waals surface area (Å²) >= 11 is 0. The molecule has 1 aromatic carbocycles. The molecular weight excluding hydrogens is 278 g/mol. The highest BCUT2D eigenvalue weighted by Crippen LogP contribution is 2.29. The lowest BCUT2D eigenvalue weighted by atomic mass is 9.91. The van der Waals surface area contributed by atoms with Crippen molar-refractivity contribution in [1.29, 1.82) is 0 Å². The number of alkyl halides is 3. The van der Waals surface area contributed by atoms with E-state index >= 15 is 0 Å². The number of hydrogen-bond donors (Lipinski definition) is 2. The Hall–Kier alpha value is -1.34. The van der Waals surface area contributed by atoms with Crippen LogP contribution in [0.1, 0.15) is 31.9 Å². The van der Waals surface area contributed by atoms with Crippen molar-refractivity contribution < 1.29 is 27.4 Å². The molecule has 0 spiro atoms. The van der Waals surface area contributed by atoms with Crippen LogP contribution in [-0.2, 0) is 0 Å². The number of nitrogens with two attached hydrogens (primary N) is 1. The highest BCUT2D eigenvalue weighted by molar-refractivity contribution is 5.32. The van der Waals surface area contributed by atoms with Gasteiger partial charge in [0.05, 0.1) is 12.1 Å². The highest BCUT2D eigenvalue weighted by Gasteiger charge is 2.32. The minimum atomic E-state index is -4.87. The van der Waals surface area contributed by atoms with Crippen LogP contribution in [-0.4, -0.2) is 17.6 Å². The fourth-order valence-corrected chi connectivity index (χ4v) is 1.75. The minimum absolute atomic E-state index is 0.209. The van der Waals surface area contributed by atoms with Crippen molar-refractivity contribution in [2.75, 3.05) is 0 Å². The van der Waals surface area contributed by atoms with E-state index in [0.29, 0.717) is 6.42 Å². The van der Waals surface area contributed by atoms with Crippen LogP contribution in [0.2, 0.25) is 0 Å². The molecule has 0 saturated heterocycles. The van der Waals surface area contributed by atoms with Crippen molar-refractivity contribution in [3.05, 3.63) is 29.6 Å². The van der Waals surface area contributed by atoms with Crippen LogP contribution in [0.5, 0.6) is 5.75 Å². The second-order valence-corrected chi connectivity index (χ2v) is 4.63. The summed E-state index contributed by atoms with van der Waals surface area (Å²) in [4.78, 5) is 0. The van der Waals surface area contributed by atoms with Gasteiger partial charge in [-0.2, -0.15) is 0 Å². The monoisotopic (exact) mass is 295 g/mol. The molecule has 1 aromatic rings. The number of hydrogen-bond acceptors (Lipinski definition) is 3. The Balaban J connectivity index is 3.02. The van der Waals surface area contributed by atoms with E-state index in [-0.39, 0.29) is 11.5 Å². The maximum absolute atomic E-state index is 13.7. The van der Waals surface area contributed by atoms with E-state index < -0.39 is 30.1 Å². The second kappa shape index (κ2) is 6.41. The van der Waals surface area contributed by atoms with Gasteiger partial charge in [-0.05, 0) is 24.1 Å². The summed E-state index contributed by atoms with van der Waals surface area (Å²) in [6, 6.07) is 1.43. The number of ether oxygens (including phenoxy) is 1. The maximum atomic E-state index is 13.7. The van der Waals surface area contributed by atoms with Gasteiger partial charge in [0, 0.05) is 5.56 Å². The van der Waals surface area contributed by atoms with Crippen LogP contribution in [0.3, 0.4) is 0 Å². The van der Waals surface area contributed by atoms with Gasteiger partial charge in [0.2, 0.25) is 0 Å². The summed E-state index contributed by atoms with van der Waals surface area (Å²) in [6.07, 6.45) is -5.32. The van der Waals surface area contributed by atoms with Gasteiger partial charge < -0.3 is 15.6 Å². The molecule has 0 saturated carbocycles. The average Bonchev–Trinajstić information content (AvgIpc) is 2.36. The number of rotatable bonds is 5. The molecule has 3 nitrogen and oxygen atoms in total. The third-order valence-corrected chi connectivity index (χ3v) is 3.16. The second-order valence-electron chi connectivity index (χ2n) is 4.63. The molecule has 0 radical (unpaired) electrons. The van der Waals surface area contributed by atoms with Crippen molar-refractivity contribution >= 4 is 0 Å². The molecule has 20 heavy (non-hydrogen) atoms. The van der Waals surface area contributed by atoms with Gasteiger partial charge >= 0.3 is 6.36 Å². The minimum Gasteiger partial charge on any atom is -0.406 e. The van der Waals surface area contributed by atoms with E-state index in [0.717, 1.165) is 18.2 Å². The van der Waals surface area contributed by atoms with Crippen molar-refractivity contribution in [3.8, 4) is 5.75 Å². The van der Waals surface area contributed by atoms with Crippen LogP contribution in [0.25, 0.3) is 0 Å². The zero-order valence-electron chi connectivity index (χ0n) is 11.1. The van der Waals surface area contributed by atoms with E-state index in [1.165, 1.54) is 0 Å². The Kier molecular flexibility index (Phi) is 5.35. The molecule has 3 atom stereocenters. The Labute approximate surface area is 114 Å². The molecule has 1 unspecified atom stereocenters. The molecule has 1 rings (SSSR count). The van der Waals surface area contributed by atoms with Crippen molar-refractivity contribution in [2.45, 2.75) is 38.8 Å². The summed E-state index contributed by atoms with van der Waals surface area (Å²) in [6.45, 7) is 3.54. The number of halogens is 4. The number of benzene rings is 1. The van der Waals surface area contributed by atoms with Crippen LogP contribution < -0.4 is 10.5 Å². The normalized spacial score (nSPS) is 16.6. The highest BCUT2D eigenvalue weighted by atomic mass is 19.4. The Morgan fingerprint density at radius 2 is 1.95 bits per heavy atom. The average molecular weight is 295 g/mol. The molecule has 7 heteroatoms. The van der Waals surface area contributed by atoms with Gasteiger partial charge in [-0.1, -0.05) is 20.3 Å². The molecule has 0 aliphatic heterocycles. The van der Waals surface area contributed by atoms with Crippen molar-refractivity contribution in [2.24, 2.45) is 11.7 Å². The maximum Gasteiger partial charge on any atom is 0.573 e. The molecule has 0 aliphatic rings. The predicted octanol–water partition coefficient (Wildman–Crippen LogP) is 3.13. The zero-order valence-corrected chi connectivity index (χ0v) is 11.1. The molecule has 0 amide bonds. The molecule has 0 aromatic heterocycles. The van der Waals surface area contributed by atoms with E-state index in [9.17, 15) is 22.7 Å². The lowest BCUT2D eigenvalue weighted by Crippen LogP contribution is -2.32. The van der Waals surface area contributed by atoms with Gasteiger partial charge in [0.25, 0.3) is 0 Å². The van der Waals surface area contributed by atoms with Gasteiger partial charge in [-0.3, -0.25) is 0 Å². The third kappa shape index (κ3) is 4.35. The first-order chi connectivity index (χ1) is 9.15. The standard InChI is InChI=1S/C13H17F4NO2/c1-3-7(2)12(19)11(18)9-6-8(4-5-10(9)14)20-13(15,16)17/h4-7,11-12,19H,3,18H2,1-2H3/t7?,11-,12+/m0/s1. The van der Waals surface area contributed by atoms with Gasteiger partial charge in [-0.15, -0.1) is 13.2 Å². The molecule has 0 aliphatic carbocycles. The fraction of sp³-hybridized carbons (Fsp3) is 0.538. The van der Waals surface area contributed by atoms with E-state index in [4.69, 9.17) is 5.73 Å². The number of aliphatic hydroxyl groups excluding tert-OH is 1. The fourth-order valence-electron chi connectivity index (χ4n) is 1.75. The Morgan fingerprint density at radius 1 is 1.35 bits per heavy atom. The first-order valence-electron chi connectivity index (χ1n) is 6.14. The smallest absolute Gasteiger partial charge is 0.406 e. The number of aliphatic hydroxyl groups is 1. The topological polar surface area (TPSA) is 55.5 Å². The molecule has 0 heterocycles. The largest absolute Gasteiger partial charge is 0.573 e. The van der Waals surface area contributed by atoms with Crippen LogP contribution in [0.15, 0.2) is 18.2 Å². The first kappa shape index (κ1) is 16.7. The van der Waals surface area contributed by atoms with E-state index in [2.05, 4.69) is 4.74 Å². The van der Waals surface area contributed by atoms with Crippen LogP contribution >= 0.6 is 0 Å². The van der Waals surface area contributed by atoms with Crippen LogP contribution in [0.4, 0.5) is 17.6 Å². The summed E-state index contributed by atoms with van der Waals surface area (Å²) in [5.74, 6) is -1.56. The van der Waals surface area contributed by atoms with Crippen molar-refractivity contribution in [1.82, 2.24) is 0 Å². The van der Waals surface area contributed by atoms with Gasteiger partial charge in [0.1, 0.15) is 11.6 Å². The lowest BCUT2D eigenvalue weighted by Gasteiger charge is -2.25. The summed E-state index contributed by atoms with van der Waals surface area (Å²) in [5, 5.41) is 9.93. The molecule has 3 N–H and O–H groups in total. The zero-order chi connectivity index (χ0) is 15.5. The summed E-state index contributed by atoms with van der Waals surface area (Å²) in [7, 11) is 0. The Bertz CT molecular complexity index is 450. The first-order valence-corrected chi connectivity index (χ1v) is 6.14. The quantitative estimate of drug-likeness (QED) is 0.821. The van der Waals surface area contributed by atoms with Crippen LogP contribution in [0, 0.1) is 11.7 Å². The summed E-state index contributed by atoms with van der Waals surface area (Å²) in [5.41, 5.74) is 5.51. The molecule has 0 fully saturated rings. The predicted molar refractivity (Wildman–Crippen MR) is 65.5 cm³/mol. The third-order valence-electron chi connectivity index (χ3n) is 3.16. The van der Waals surface area contributed by atoms with Gasteiger partial charge in [0.15, 0.2) is 0 Å². The van der Waals surface area contributed by atoms with E-state index in [1.54, 1.807) is 6.92 Å². The molecule has 0 bridgehead atoms. The molecule has 114 valence electrons. The Morgan fingerprint density at radius 3 is 2.45 bits per heavy atom. The van der Waals surface area contributed by atoms with Crippen molar-refractivity contribution in [3.63, 3.8) is 0 Å². The SMILES string of the molecule is CCC(C)[C@@H](O)[C@@H](N)c1cc(OC(F)(F)F)ccc1F.